The predicted octanol–water partition coefficient (Wildman–Crippen LogP) is 4.81. The number of hydrogen-bond donors (Lipinski definition) is 1. The molecule has 0 atom stereocenters. The molecule has 0 saturated carbocycles. The van der Waals surface area contributed by atoms with Crippen LogP contribution in [-0.2, 0) is 11.3 Å². The highest BCUT2D eigenvalue weighted by atomic mass is 16.5. The number of hydrogen-bond acceptors (Lipinski definition) is 5. The molecule has 0 spiro atoms. The third-order valence-corrected chi connectivity index (χ3v) is 4.42. The van der Waals surface area contributed by atoms with Gasteiger partial charge in [-0.15, -0.1) is 0 Å². The Morgan fingerprint density at radius 2 is 1.93 bits per heavy atom. The van der Waals surface area contributed by atoms with E-state index >= 15 is 0 Å². The number of amides is 2. The number of carbonyl (C=O) groups is 2. The van der Waals surface area contributed by atoms with Crippen LogP contribution < -0.4 is 5.32 Å². The first-order valence-corrected chi connectivity index (χ1v) is 9.63. The van der Waals surface area contributed by atoms with Crippen LogP contribution in [0.25, 0.3) is 0 Å². The monoisotopic (exact) mass is 387 g/mol. The number of anilines is 1. The Balaban J connectivity index is 2.06. The summed E-state index contributed by atoms with van der Waals surface area (Å²) in [5.41, 5.74) is 2.04. The van der Waals surface area contributed by atoms with Gasteiger partial charge in [-0.3, -0.25) is 0 Å². The molecule has 0 aliphatic carbocycles. The maximum atomic E-state index is 12.8. The fourth-order valence-corrected chi connectivity index (χ4v) is 2.70. The number of nitrogens with one attached hydrogen (secondary N) is 1. The van der Waals surface area contributed by atoms with E-state index in [1.165, 1.54) is 18.9 Å². The molecule has 1 aromatic heterocycles. The van der Waals surface area contributed by atoms with Crippen molar-refractivity contribution in [2.24, 2.45) is 0 Å². The van der Waals surface area contributed by atoms with Gasteiger partial charge in [0.05, 0.1) is 13.7 Å². The van der Waals surface area contributed by atoms with Crippen LogP contribution in [-0.4, -0.2) is 35.5 Å². The molecule has 0 aliphatic rings. The van der Waals surface area contributed by atoms with Crippen molar-refractivity contribution >= 4 is 17.7 Å². The minimum atomic E-state index is -0.567. The highest BCUT2D eigenvalue weighted by molar-refractivity contribution is 5.89. The summed E-state index contributed by atoms with van der Waals surface area (Å²) in [6.07, 6.45) is 4.19. The van der Waals surface area contributed by atoms with Crippen LogP contribution >= 0.6 is 0 Å². The van der Waals surface area contributed by atoms with Crippen LogP contribution in [0.15, 0.2) is 34.9 Å². The summed E-state index contributed by atoms with van der Waals surface area (Å²) in [5, 5.41) is 2.92. The number of oxazole rings is 1. The Kier molecular flexibility index (Phi) is 8.04. The van der Waals surface area contributed by atoms with Crippen LogP contribution in [0.4, 0.5) is 10.5 Å². The van der Waals surface area contributed by atoms with Gasteiger partial charge in [-0.25, -0.2) is 14.6 Å². The van der Waals surface area contributed by atoms with Crippen molar-refractivity contribution < 1.29 is 18.7 Å². The first-order valence-electron chi connectivity index (χ1n) is 9.63. The molecule has 0 unspecified atom stereocenters. The average Bonchev–Trinajstić information content (AvgIpc) is 3.15. The second-order valence-corrected chi connectivity index (χ2v) is 6.95. The Bertz CT molecular complexity index is 768. The zero-order valence-corrected chi connectivity index (χ0v) is 17.0. The molecule has 28 heavy (non-hydrogen) atoms. The van der Waals surface area contributed by atoms with E-state index in [0.29, 0.717) is 18.4 Å². The highest BCUT2D eigenvalue weighted by Crippen LogP contribution is 2.18. The second kappa shape index (κ2) is 10.5. The fourth-order valence-electron chi connectivity index (χ4n) is 2.70. The lowest BCUT2D eigenvalue weighted by Gasteiger charge is -2.22. The summed E-state index contributed by atoms with van der Waals surface area (Å²) >= 11 is 0. The van der Waals surface area contributed by atoms with Gasteiger partial charge in [-0.05, 0) is 30.0 Å². The standard InChI is InChI=1S/C21H29N3O4/c1-5-6-7-12-24(13-19-23-18(14-28-19)20(25)27-4)21(26)22-17-10-8-16(9-11-17)15(2)3/h8-11,14-15H,5-7,12-13H2,1-4H3,(H,22,26). The van der Waals surface area contributed by atoms with E-state index in [2.05, 4.69) is 35.8 Å². The number of carbonyl (C=O) groups excluding carboxylic acids is 2. The van der Waals surface area contributed by atoms with Gasteiger partial charge in [0.25, 0.3) is 0 Å². The number of rotatable bonds is 9. The Labute approximate surface area is 166 Å². The molecular weight excluding hydrogens is 358 g/mol. The summed E-state index contributed by atoms with van der Waals surface area (Å²) in [6.45, 7) is 7.11. The third-order valence-electron chi connectivity index (χ3n) is 4.42. The van der Waals surface area contributed by atoms with Crippen LogP contribution in [0.2, 0.25) is 0 Å². The first kappa shape index (κ1) is 21.5. The Morgan fingerprint density at radius 1 is 1.21 bits per heavy atom. The van der Waals surface area contributed by atoms with Crippen molar-refractivity contribution in [3.63, 3.8) is 0 Å². The molecule has 0 fully saturated rings. The lowest BCUT2D eigenvalue weighted by Crippen LogP contribution is -2.35. The van der Waals surface area contributed by atoms with Gasteiger partial charge in [-0.1, -0.05) is 45.7 Å². The Morgan fingerprint density at radius 3 is 2.54 bits per heavy atom. The van der Waals surface area contributed by atoms with Crippen LogP contribution in [0, 0.1) is 0 Å². The van der Waals surface area contributed by atoms with Crippen LogP contribution in [0.5, 0.6) is 0 Å². The molecule has 1 aromatic carbocycles. The zero-order valence-electron chi connectivity index (χ0n) is 17.0. The summed E-state index contributed by atoms with van der Waals surface area (Å²) in [6, 6.07) is 7.60. The minimum absolute atomic E-state index is 0.0932. The minimum Gasteiger partial charge on any atom is -0.464 e. The van der Waals surface area contributed by atoms with Gasteiger partial charge in [0, 0.05) is 12.2 Å². The molecule has 0 saturated heterocycles. The van der Waals surface area contributed by atoms with E-state index in [0.717, 1.165) is 24.9 Å². The van der Waals surface area contributed by atoms with E-state index in [1.807, 2.05) is 24.3 Å². The number of esters is 1. The fraction of sp³-hybridized carbons (Fsp3) is 0.476. The average molecular weight is 387 g/mol. The number of nitrogens with zero attached hydrogens (tertiary/aromatic N) is 2. The highest BCUT2D eigenvalue weighted by Gasteiger charge is 2.19. The Hall–Kier alpha value is -2.83. The maximum absolute atomic E-state index is 12.8. The number of benzene rings is 1. The summed E-state index contributed by atoms with van der Waals surface area (Å²) in [4.78, 5) is 30.1. The molecule has 7 nitrogen and oxygen atoms in total. The molecule has 152 valence electrons. The van der Waals surface area contributed by atoms with Gasteiger partial charge in [0.1, 0.15) is 6.26 Å². The van der Waals surface area contributed by atoms with Gasteiger partial charge >= 0.3 is 12.0 Å². The largest absolute Gasteiger partial charge is 0.464 e. The maximum Gasteiger partial charge on any atom is 0.360 e. The smallest absolute Gasteiger partial charge is 0.360 e. The molecule has 0 aliphatic heterocycles. The number of ether oxygens (including phenoxy) is 1. The molecule has 1 heterocycles. The molecular formula is C21H29N3O4. The lowest BCUT2D eigenvalue weighted by molar-refractivity contribution is 0.0594. The third kappa shape index (κ3) is 6.11. The quantitative estimate of drug-likeness (QED) is 0.493. The van der Waals surface area contributed by atoms with Crippen molar-refractivity contribution in [3.05, 3.63) is 47.7 Å². The van der Waals surface area contributed by atoms with E-state index in [-0.39, 0.29) is 18.3 Å². The van der Waals surface area contributed by atoms with Crippen molar-refractivity contribution in [1.29, 1.82) is 0 Å². The zero-order chi connectivity index (χ0) is 20.5. The van der Waals surface area contributed by atoms with Gasteiger partial charge in [0.2, 0.25) is 5.89 Å². The van der Waals surface area contributed by atoms with E-state index in [4.69, 9.17) is 4.42 Å². The number of unbranched alkanes of at least 4 members (excludes halogenated alkanes) is 2. The van der Waals surface area contributed by atoms with Crippen molar-refractivity contribution in [2.45, 2.75) is 52.5 Å². The second-order valence-electron chi connectivity index (χ2n) is 6.95. The number of methoxy groups -OCH3 is 1. The summed E-state index contributed by atoms with van der Waals surface area (Å²) in [7, 11) is 1.28. The van der Waals surface area contributed by atoms with Gasteiger partial charge in [-0.2, -0.15) is 0 Å². The topological polar surface area (TPSA) is 84.7 Å². The molecule has 0 radical (unpaired) electrons. The van der Waals surface area contributed by atoms with E-state index in [9.17, 15) is 9.59 Å². The molecule has 0 bridgehead atoms. The van der Waals surface area contributed by atoms with Gasteiger partial charge < -0.3 is 19.4 Å². The number of urea groups is 1. The van der Waals surface area contributed by atoms with E-state index < -0.39 is 5.97 Å². The molecule has 2 amide bonds. The molecule has 2 aromatic rings. The summed E-state index contributed by atoms with van der Waals surface area (Å²) in [5.74, 6) is 0.161. The van der Waals surface area contributed by atoms with Gasteiger partial charge in [0.15, 0.2) is 5.69 Å². The number of aromatic nitrogens is 1. The van der Waals surface area contributed by atoms with Crippen LogP contribution in [0.1, 0.15) is 67.9 Å². The van der Waals surface area contributed by atoms with Crippen molar-refractivity contribution in [2.75, 3.05) is 19.0 Å². The SMILES string of the molecule is CCCCCN(Cc1nc(C(=O)OC)co1)C(=O)Nc1ccc(C(C)C)cc1. The molecule has 1 N–H and O–H groups in total. The lowest BCUT2D eigenvalue weighted by atomic mass is 10.0. The van der Waals surface area contributed by atoms with E-state index in [1.54, 1.807) is 4.90 Å². The van der Waals surface area contributed by atoms with Crippen LogP contribution in [0.3, 0.4) is 0 Å². The molecule has 7 heteroatoms. The van der Waals surface area contributed by atoms with Crippen molar-refractivity contribution in [1.82, 2.24) is 9.88 Å². The normalized spacial score (nSPS) is 10.8. The van der Waals surface area contributed by atoms with Crippen molar-refractivity contribution in [3.8, 4) is 0 Å². The predicted molar refractivity (Wildman–Crippen MR) is 107 cm³/mol. The first-order chi connectivity index (χ1) is 13.4. The molecule has 2 rings (SSSR count). The summed E-state index contributed by atoms with van der Waals surface area (Å²) < 4.78 is 9.97.